The summed E-state index contributed by atoms with van der Waals surface area (Å²) in [6.45, 7) is 20.4. The number of oxazole rings is 1. The van der Waals surface area contributed by atoms with Crippen LogP contribution in [0.5, 0.6) is 0 Å². The SMILES string of the molecule is CC(C)(C)c1ccc(N2c3ccc(C(C)(C)C)cc3B3c4nc(N(c5ccccc5)c5ccccc5)oc4N(c4ccc(C(C)(C)C)cc4)c4cc([Si](c5ccccc5)(c5ccccc5)c5ccccc5)cc2c43)cc1. The molecule has 0 spiro atoms. The Hall–Kier alpha value is -8.13. The molecule has 0 atom stereocenters. The van der Waals surface area contributed by atoms with E-state index in [0.29, 0.717) is 11.9 Å². The summed E-state index contributed by atoms with van der Waals surface area (Å²) < 4.78 is 7.58. The molecule has 0 bridgehead atoms. The number of nitrogens with zero attached hydrogens (tertiary/aromatic N) is 4. The highest BCUT2D eigenvalue weighted by molar-refractivity contribution is 7.20. The molecule has 0 radical (unpaired) electrons. The molecule has 7 heteroatoms. The molecule has 0 saturated heterocycles. The van der Waals surface area contributed by atoms with Gasteiger partial charge in [-0.1, -0.05) is 226 Å². The monoisotopic (exact) mass is 1000 g/mol. The molecule has 5 nitrogen and oxygen atoms in total. The Balaban J connectivity index is 1.25. The minimum atomic E-state index is -3.16. The molecule has 0 fully saturated rings. The van der Waals surface area contributed by atoms with E-state index in [9.17, 15) is 0 Å². The van der Waals surface area contributed by atoms with E-state index in [0.717, 1.165) is 45.4 Å². The van der Waals surface area contributed by atoms with E-state index in [2.05, 4.69) is 308 Å². The third kappa shape index (κ3) is 8.29. The zero-order valence-corrected chi connectivity index (χ0v) is 46.2. The van der Waals surface area contributed by atoms with E-state index in [1.807, 2.05) is 0 Å². The molecule has 2 aliphatic heterocycles. The van der Waals surface area contributed by atoms with Crippen molar-refractivity contribution in [3.05, 3.63) is 247 Å². The van der Waals surface area contributed by atoms with Crippen molar-refractivity contribution in [2.24, 2.45) is 0 Å². The Morgan fingerprint density at radius 3 is 1.24 bits per heavy atom. The summed E-state index contributed by atoms with van der Waals surface area (Å²) in [7, 11) is -3.16. The highest BCUT2D eigenvalue weighted by Crippen LogP contribution is 2.47. The van der Waals surface area contributed by atoms with Crippen molar-refractivity contribution in [3.63, 3.8) is 0 Å². The van der Waals surface area contributed by atoms with Gasteiger partial charge in [0, 0.05) is 28.4 Å². The Labute approximate surface area is 451 Å². The highest BCUT2D eigenvalue weighted by Gasteiger charge is 2.50. The fourth-order valence-corrected chi connectivity index (χ4v) is 16.5. The molecule has 3 heterocycles. The number of benzene rings is 9. The first kappa shape index (κ1) is 48.8. The molecule has 0 aliphatic carbocycles. The first-order valence-electron chi connectivity index (χ1n) is 26.8. The van der Waals surface area contributed by atoms with E-state index < -0.39 is 8.07 Å². The molecule has 374 valence electrons. The molecule has 10 aromatic rings. The van der Waals surface area contributed by atoms with Gasteiger partial charge in [-0.05, 0) is 131 Å². The number of hydrogen-bond donors (Lipinski definition) is 0. The van der Waals surface area contributed by atoms with Crippen LogP contribution in [0.25, 0.3) is 0 Å². The molecular formula is C69H65BN4OSi. The predicted octanol–water partition coefficient (Wildman–Crippen LogP) is 13.5. The lowest BCUT2D eigenvalue weighted by molar-refractivity contribution is 0.572. The average molecular weight is 1010 g/mol. The third-order valence-corrected chi connectivity index (χ3v) is 20.5. The summed E-state index contributed by atoms with van der Waals surface area (Å²) in [4.78, 5) is 12.9. The fraction of sp³-hybridized carbons (Fsp3) is 0.174. The molecule has 1 aromatic heterocycles. The van der Waals surface area contributed by atoms with Crippen molar-refractivity contribution in [1.82, 2.24) is 4.98 Å². The molecule has 9 aromatic carbocycles. The largest absolute Gasteiger partial charge is 0.407 e. The summed E-state index contributed by atoms with van der Waals surface area (Å²) >= 11 is 0. The van der Waals surface area contributed by atoms with E-state index >= 15 is 0 Å². The maximum absolute atomic E-state index is 7.58. The van der Waals surface area contributed by atoms with Crippen LogP contribution >= 0.6 is 0 Å². The molecule has 0 saturated carbocycles. The average Bonchev–Trinajstić information content (AvgIpc) is 3.96. The third-order valence-electron chi connectivity index (χ3n) is 15.7. The molecule has 0 amide bonds. The number of hydrogen-bond acceptors (Lipinski definition) is 5. The molecular weight excluding hydrogens is 940 g/mol. The highest BCUT2D eigenvalue weighted by atomic mass is 28.3. The van der Waals surface area contributed by atoms with Gasteiger partial charge in [0.1, 0.15) is 0 Å². The van der Waals surface area contributed by atoms with Gasteiger partial charge >= 0.3 is 6.01 Å². The van der Waals surface area contributed by atoms with Crippen LogP contribution in [-0.2, 0) is 16.2 Å². The van der Waals surface area contributed by atoms with Crippen molar-refractivity contribution in [2.45, 2.75) is 78.6 Å². The number of anilines is 9. The molecule has 0 N–H and O–H groups in total. The van der Waals surface area contributed by atoms with Crippen LogP contribution < -0.4 is 52.0 Å². The van der Waals surface area contributed by atoms with Crippen LogP contribution in [0.1, 0.15) is 79.0 Å². The first-order valence-corrected chi connectivity index (χ1v) is 28.8. The lowest BCUT2D eigenvalue weighted by Gasteiger charge is -2.44. The van der Waals surface area contributed by atoms with Gasteiger partial charge < -0.3 is 9.32 Å². The second-order valence-corrected chi connectivity index (χ2v) is 27.5. The smallest absolute Gasteiger partial charge is 0.307 e. The molecule has 2 aliphatic rings. The van der Waals surface area contributed by atoms with E-state index in [4.69, 9.17) is 9.40 Å². The Morgan fingerprint density at radius 2 is 0.803 bits per heavy atom. The summed E-state index contributed by atoms with van der Waals surface area (Å²) in [5.74, 6) is 0.706. The van der Waals surface area contributed by atoms with E-state index in [1.165, 1.54) is 48.4 Å². The molecule has 12 rings (SSSR count). The van der Waals surface area contributed by atoms with Crippen molar-refractivity contribution < 1.29 is 4.42 Å². The van der Waals surface area contributed by atoms with Crippen molar-refractivity contribution in [3.8, 4) is 0 Å². The van der Waals surface area contributed by atoms with Gasteiger partial charge in [0.05, 0.1) is 17.0 Å². The second kappa shape index (κ2) is 18.6. The Kier molecular flexibility index (Phi) is 11.9. The van der Waals surface area contributed by atoms with E-state index in [-0.39, 0.29) is 23.0 Å². The minimum absolute atomic E-state index is 0.0200. The number of rotatable bonds is 9. The summed E-state index contributed by atoms with van der Waals surface area (Å²) in [5, 5.41) is 5.20. The van der Waals surface area contributed by atoms with Crippen molar-refractivity contribution >= 4 is 104 Å². The molecule has 76 heavy (non-hydrogen) atoms. The maximum Gasteiger partial charge on any atom is 0.307 e. The number of fused-ring (bicyclic) bond motifs is 4. The number of aromatic nitrogens is 1. The summed E-state index contributed by atoms with van der Waals surface area (Å²) in [5.41, 5.74) is 14.2. The van der Waals surface area contributed by atoms with Crippen LogP contribution in [0.15, 0.2) is 235 Å². The van der Waals surface area contributed by atoms with Gasteiger partial charge in [-0.2, -0.15) is 0 Å². The minimum Gasteiger partial charge on any atom is -0.407 e. The quantitative estimate of drug-likeness (QED) is 0.106. The predicted molar refractivity (Wildman–Crippen MR) is 325 cm³/mol. The zero-order chi connectivity index (χ0) is 52.6. The fourth-order valence-electron chi connectivity index (χ4n) is 11.7. The lowest BCUT2D eigenvalue weighted by Crippen LogP contribution is -2.75. The molecule has 0 unspecified atom stereocenters. The summed E-state index contributed by atoms with van der Waals surface area (Å²) in [6.07, 6.45) is 0. The van der Waals surface area contributed by atoms with Gasteiger partial charge in [-0.15, -0.1) is 0 Å². The lowest BCUT2D eigenvalue weighted by atomic mass is 9.35. The van der Waals surface area contributed by atoms with Crippen molar-refractivity contribution in [2.75, 3.05) is 14.7 Å². The Bertz CT molecular complexity index is 3560. The maximum atomic E-state index is 7.58. The van der Waals surface area contributed by atoms with Crippen LogP contribution in [0.4, 0.5) is 51.7 Å². The van der Waals surface area contributed by atoms with E-state index in [1.54, 1.807) is 0 Å². The van der Waals surface area contributed by atoms with Crippen molar-refractivity contribution in [1.29, 1.82) is 0 Å². The van der Waals surface area contributed by atoms with Crippen LogP contribution in [0, 0.1) is 0 Å². The van der Waals surface area contributed by atoms with Gasteiger partial charge in [0.15, 0.2) is 8.07 Å². The van der Waals surface area contributed by atoms with Gasteiger partial charge in [-0.25, -0.2) is 4.98 Å². The topological polar surface area (TPSA) is 35.8 Å². The van der Waals surface area contributed by atoms with Gasteiger partial charge in [-0.3, -0.25) is 9.80 Å². The first-order chi connectivity index (χ1) is 36.6. The standard InChI is InChI=1S/C69H65BN4OSi/c1-67(2,3)48-35-40-53(41-36-48)73-60-44-39-50(69(7,8)9)45-59(60)70-63-61(73)46-58(76(55-29-19-12-20-30-55,56-31-21-13-22-32-56)57-33-23-14-24-34-57)47-62(63)74(54-42-37-49(38-43-54)68(4,5)6)65-64(70)71-66(75-65)72(51-25-15-10-16-26-51)52-27-17-11-18-28-52/h10-47H,1-9H3. The zero-order valence-electron chi connectivity index (χ0n) is 45.2. The number of para-hydroxylation sites is 2. The van der Waals surface area contributed by atoms with Crippen LogP contribution in [0.3, 0.4) is 0 Å². The summed E-state index contributed by atoms with van der Waals surface area (Å²) in [6, 6.07) is 86.1. The Morgan fingerprint density at radius 1 is 0.408 bits per heavy atom. The normalized spacial score (nSPS) is 13.2. The van der Waals surface area contributed by atoms with Crippen LogP contribution in [-0.4, -0.2) is 19.8 Å². The second-order valence-electron chi connectivity index (χ2n) is 23.7. The van der Waals surface area contributed by atoms with Gasteiger partial charge in [0.25, 0.3) is 6.71 Å². The van der Waals surface area contributed by atoms with Gasteiger partial charge in [0.2, 0.25) is 5.88 Å². The van der Waals surface area contributed by atoms with Crippen LogP contribution in [0.2, 0.25) is 0 Å².